The summed E-state index contributed by atoms with van der Waals surface area (Å²) in [6, 6.07) is 15.1. The monoisotopic (exact) mass is 485 g/mol. The molecule has 1 N–H and O–H groups in total. The van der Waals surface area contributed by atoms with Crippen molar-refractivity contribution in [3.63, 3.8) is 0 Å². The number of sulfonamides is 1. The Labute approximate surface area is 196 Å². The molecule has 0 fully saturated rings. The summed E-state index contributed by atoms with van der Waals surface area (Å²) in [4.78, 5) is 36.8. The fourth-order valence-electron chi connectivity index (χ4n) is 2.99. The van der Waals surface area contributed by atoms with Gasteiger partial charge in [0.15, 0.2) is 11.6 Å². The third-order valence-corrected chi connectivity index (χ3v) is 6.61. The first-order valence-electron chi connectivity index (χ1n) is 10.1. The van der Waals surface area contributed by atoms with E-state index in [1.54, 1.807) is 37.3 Å². The molecule has 2 aromatic carbocycles. The number of benzene rings is 2. The summed E-state index contributed by atoms with van der Waals surface area (Å²) in [7, 11) is -2.83. The van der Waals surface area contributed by atoms with Crippen LogP contribution in [-0.2, 0) is 24.3 Å². The predicted octanol–water partition coefficient (Wildman–Crippen LogP) is 2.73. The molecule has 0 aliphatic rings. The summed E-state index contributed by atoms with van der Waals surface area (Å²) in [5.41, 5.74) is 0.749. The Kier molecular flexibility index (Phi) is 7.59. The maximum atomic E-state index is 12.8. The lowest BCUT2D eigenvalue weighted by Crippen LogP contribution is -2.35. The topological polar surface area (TPSA) is 136 Å². The molecule has 0 radical (unpaired) electrons. The van der Waals surface area contributed by atoms with E-state index in [0.717, 1.165) is 4.31 Å². The van der Waals surface area contributed by atoms with Gasteiger partial charge in [0, 0.05) is 24.2 Å². The van der Waals surface area contributed by atoms with Crippen molar-refractivity contribution in [1.29, 1.82) is 0 Å². The lowest BCUT2D eigenvalue weighted by molar-refractivity contribution is -0.154. The van der Waals surface area contributed by atoms with Crippen molar-refractivity contribution < 1.29 is 32.1 Å². The molecule has 11 heteroatoms. The molecular weight excluding hydrogens is 462 g/mol. The second-order valence-electron chi connectivity index (χ2n) is 7.43. The van der Waals surface area contributed by atoms with Crippen molar-refractivity contribution in [2.75, 3.05) is 18.9 Å². The number of aryl methyl sites for hydroxylation is 1. The number of ketones is 1. The zero-order chi connectivity index (χ0) is 24.9. The van der Waals surface area contributed by atoms with Crippen LogP contribution in [0.1, 0.15) is 34.7 Å². The van der Waals surface area contributed by atoms with Crippen LogP contribution in [0.4, 0.5) is 5.82 Å². The molecule has 0 saturated carbocycles. The van der Waals surface area contributed by atoms with Gasteiger partial charge in [0.05, 0.1) is 4.90 Å². The second kappa shape index (κ2) is 10.4. The first kappa shape index (κ1) is 24.8. The number of Topliss-reactive ketones (excluding diaryl/α,β-unsaturated/α-hetero) is 1. The van der Waals surface area contributed by atoms with Gasteiger partial charge in [-0.1, -0.05) is 47.6 Å². The van der Waals surface area contributed by atoms with E-state index in [4.69, 9.17) is 9.26 Å². The van der Waals surface area contributed by atoms with Crippen molar-refractivity contribution in [3.05, 3.63) is 77.6 Å². The highest BCUT2D eigenvalue weighted by Crippen LogP contribution is 2.21. The number of amides is 1. The molecule has 0 aliphatic heterocycles. The van der Waals surface area contributed by atoms with E-state index in [1.807, 2.05) is 0 Å². The molecule has 1 aromatic heterocycles. The highest BCUT2D eigenvalue weighted by Gasteiger charge is 2.29. The van der Waals surface area contributed by atoms with Gasteiger partial charge in [-0.15, -0.1) is 0 Å². The number of ether oxygens (including phenoxy) is 1. The van der Waals surface area contributed by atoms with Crippen molar-refractivity contribution in [1.82, 2.24) is 9.46 Å². The Morgan fingerprint density at radius 1 is 1.09 bits per heavy atom. The number of carbonyl (C=O) groups is 3. The molecule has 1 atom stereocenters. The van der Waals surface area contributed by atoms with Crippen LogP contribution in [0.25, 0.3) is 0 Å². The second-order valence-corrected chi connectivity index (χ2v) is 9.48. The molecule has 178 valence electrons. The molecule has 0 spiro atoms. The number of nitrogens with one attached hydrogen (secondary N) is 1. The SMILES string of the molecule is CC(=O)c1ccc(S(=O)(=O)N(C)CC(=O)OC(C(=O)Nc2cc(C)on2)c2ccccc2)cc1. The van der Waals surface area contributed by atoms with Crippen molar-refractivity contribution >= 4 is 33.5 Å². The van der Waals surface area contributed by atoms with E-state index >= 15 is 0 Å². The van der Waals surface area contributed by atoms with Crippen molar-refractivity contribution in [2.24, 2.45) is 0 Å². The van der Waals surface area contributed by atoms with Crippen LogP contribution >= 0.6 is 0 Å². The fraction of sp³-hybridized carbons (Fsp3) is 0.217. The van der Waals surface area contributed by atoms with Crippen LogP contribution in [-0.4, -0.2) is 49.1 Å². The summed E-state index contributed by atoms with van der Waals surface area (Å²) < 4.78 is 36.7. The van der Waals surface area contributed by atoms with Crippen molar-refractivity contribution in [2.45, 2.75) is 24.8 Å². The molecule has 3 aromatic rings. The van der Waals surface area contributed by atoms with Gasteiger partial charge >= 0.3 is 5.97 Å². The van der Waals surface area contributed by atoms with Crippen LogP contribution in [0.5, 0.6) is 0 Å². The average Bonchev–Trinajstić information content (AvgIpc) is 3.22. The van der Waals surface area contributed by atoms with Crippen LogP contribution in [0.2, 0.25) is 0 Å². The normalized spacial score (nSPS) is 12.2. The van der Waals surface area contributed by atoms with Crippen LogP contribution in [0.15, 0.2) is 70.1 Å². The number of rotatable bonds is 9. The Balaban J connectivity index is 1.74. The molecule has 0 aliphatic carbocycles. The van der Waals surface area contributed by atoms with Gasteiger partial charge in [0.2, 0.25) is 16.1 Å². The number of aromatic nitrogens is 1. The van der Waals surface area contributed by atoms with Crippen LogP contribution in [0, 0.1) is 6.92 Å². The smallest absolute Gasteiger partial charge is 0.322 e. The summed E-state index contributed by atoms with van der Waals surface area (Å²) in [5.74, 6) is -1.20. The summed E-state index contributed by atoms with van der Waals surface area (Å²) in [6.07, 6.45) is -1.35. The van der Waals surface area contributed by atoms with E-state index in [1.165, 1.54) is 44.3 Å². The van der Waals surface area contributed by atoms with Gasteiger partial charge in [0.25, 0.3) is 5.91 Å². The minimum absolute atomic E-state index is 0.0912. The van der Waals surface area contributed by atoms with Crippen LogP contribution in [0.3, 0.4) is 0 Å². The van der Waals surface area contributed by atoms with Gasteiger partial charge in [-0.2, -0.15) is 4.31 Å². The Morgan fingerprint density at radius 2 is 1.74 bits per heavy atom. The third kappa shape index (κ3) is 5.94. The third-order valence-electron chi connectivity index (χ3n) is 4.79. The zero-order valence-electron chi connectivity index (χ0n) is 18.7. The Bertz CT molecular complexity index is 1290. The molecule has 1 amide bonds. The van der Waals surface area contributed by atoms with Gasteiger partial charge < -0.3 is 14.6 Å². The molecule has 1 unspecified atom stereocenters. The molecule has 1 heterocycles. The number of esters is 1. The number of hydrogen-bond acceptors (Lipinski definition) is 8. The zero-order valence-corrected chi connectivity index (χ0v) is 19.5. The maximum absolute atomic E-state index is 12.8. The molecule has 10 nitrogen and oxygen atoms in total. The van der Waals surface area contributed by atoms with E-state index in [-0.39, 0.29) is 16.5 Å². The Hall–Kier alpha value is -3.83. The molecule has 0 saturated heterocycles. The largest absolute Gasteiger partial charge is 0.446 e. The predicted molar refractivity (Wildman–Crippen MR) is 121 cm³/mol. The minimum Gasteiger partial charge on any atom is -0.446 e. The molecular formula is C23H23N3O7S. The number of likely N-dealkylation sites (N-methyl/N-ethyl adjacent to an activating group) is 1. The molecule has 3 rings (SSSR count). The Morgan fingerprint density at radius 3 is 2.29 bits per heavy atom. The quantitative estimate of drug-likeness (QED) is 0.361. The average molecular weight is 486 g/mol. The number of hydrogen-bond donors (Lipinski definition) is 1. The molecule has 0 bridgehead atoms. The summed E-state index contributed by atoms with van der Waals surface area (Å²) >= 11 is 0. The van der Waals surface area contributed by atoms with E-state index in [9.17, 15) is 22.8 Å². The van der Waals surface area contributed by atoms with Crippen LogP contribution < -0.4 is 5.32 Å². The molecule has 34 heavy (non-hydrogen) atoms. The number of carbonyl (C=O) groups excluding carboxylic acids is 3. The van der Waals surface area contributed by atoms with Gasteiger partial charge in [0.1, 0.15) is 12.3 Å². The highest BCUT2D eigenvalue weighted by molar-refractivity contribution is 7.89. The highest BCUT2D eigenvalue weighted by atomic mass is 32.2. The van der Waals surface area contributed by atoms with E-state index < -0.39 is 34.5 Å². The van der Waals surface area contributed by atoms with Gasteiger partial charge in [-0.25, -0.2) is 8.42 Å². The lowest BCUT2D eigenvalue weighted by Gasteiger charge is -2.20. The first-order valence-corrected chi connectivity index (χ1v) is 11.6. The van der Waals surface area contributed by atoms with Gasteiger partial charge in [-0.05, 0) is 26.0 Å². The van der Waals surface area contributed by atoms with Crippen molar-refractivity contribution in [3.8, 4) is 0 Å². The summed E-state index contributed by atoms with van der Waals surface area (Å²) in [6.45, 7) is 2.38. The summed E-state index contributed by atoms with van der Waals surface area (Å²) in [5, 5.41) is 6.20. The fourth-order valence-corrected chi connectivity index (χ4v) is 4.11. The minimum atomic E-state index is -4.04. The number of anilines is 1. The van der Waals surface area contributed by atoms with Gasteiger partial charge in [-0.3, -0.25) is 14.4 Å². The lowest BCUT2D eigenvalue weighted by atomic mass is 10.1. The number of nitrogens with zero attached hydrogens (tertiary/aromatic N) is 2. The van der Waals surface area contributed by atoms with E-state index in [2.05, 4.69) is 10.5 Å². The maximum Gasteiger partial charge on any atom is 0.322 e. The van der Waals surface area contributed by atoms with E-state index in [0.29, 0.717) is 16.9 Å². The first-order chi connectivity index (χ1) is 16.1. The standard InChI is InChI=1S/C23H23N3O7S/c1-15-13-20(25-33-15)24-23(29)22(18-7-5-4-6-8-18)32-21(28)14-26(3)34(30,31)19-11-9-17(10-12-19)16(2)27/h4-13,22H,14H2,1-3H3,(H,24,25,29).